The molecule has 0 amide bonds. The topological polar surface area (TPSA) is 110 Å². The van der Waals surface area contributed by atoms with Crippen LogP contribution in [-0.4, -0.2) is 21.1 Å². The maximum absolute atomic E-state index is 12.5. The summed E-state index contributed by atoms with van der Waals surface area (Å²) in [6.45, 7) is 0.947. The van der Waals surface area contributed by atoms with E-state index < -0.39 is 0 Å². The summed E-state index contributed by atoms with van der Waals surface area (Å²) in [5, 5.41) is 9.44. The molecule has 0 aliphatic carbocycles. The molecule has 150 valence electrons. The first kappa shape index (κ1) is 19.4. The molecule has 2 heterocycles. The van der Waals surface area contributed by atoms with Crippen LogP contribution in [0.2, 0.25) is 0 Å². The molecule has 0 unspecified atom stereocenters. The Kier molecular flexibility index (Phi) is 5.59. The quantitative estimate of drug-likeness (QED) is 0.462. The molecule has 0 aliphatic heterocycles. The van der Waals surface area contributed by atoms with E-state index in [1.54, 1.807) is 6.20 Å². The van der Waals surface area contributed by atoms with Gasteiger partial charge in [-0.3, -0.25) is 4.57 Å². The molecule has 30 heavy (non-hydrogen) atoms. The summed E-state index contributed by atoms with van der Waals surface area (Å²) < 4.78 is 7.24. The van der Waals surface area contributed by atoms with Crippen molar-refractivity contribution in [2.24, 2.45) is 5.73 Å². The number of hydrogen-bond donors (Lipinski definition) is 2. The first-order valence-electron chi connectivity index (χ1n) is 9.70. The van der Waals surface area contributed by atoms with E-state index >= 15 is 0 Å². The van der Waals surface area contributed by atoms with Gasteiger partial charge in [0.05, 0.1) is 18.4 Å². The molecule has 3 N–H and O–H groups in total. The van der Waals surface area contributed by atoms with Crippen molar-refractivity contribution >= 4 is 11.0 Å². The average Bonchev–Trinajstić information content (AvgIpc) is 3.19. The van der Waals surface area contributed by atoms with Crippen molar-refractivity contribution in [3.05, 3.63) is 76.8 Å². The lowest BCUT2D eigenvalue weighted by molar-refractivity contribution is 0.313. The lowest BCUT2D eigenvalue weighted by Gasteiger charge is -2.06. The lowest BCUT2D eigenvalue weighted by Crippen LogP contribution is -2.20. The van der Waals surface area contributed by atoms with Gasteiger partial charge in [-0.05, 0) is 42.3 Å². The van der Waals surface area contributed by atoms with E-state index in [2.05, 4.69) is 16.0 Å². The number of aromatic amines is 1. The van der Waals surface area contributed by atoms with Gasteiger partial charge in [0.1, 0.15) is 11.4 Å². The smallest absolute Gasteiger partial charge is 0.354 e. The highest BCUT2D eigenvalue weighted by molar-refractivity contribution is 5.82. The van der Waals surface area contributed by atoms with Gasteiger partial charge in [0, 0.05) is 35.8 Å². The van der Waals surface area contributed by atoms with E-state index in [0.717, 1.165) is 33.6 Å². The minimum Gasteiger partial charge on any atom is -0.494 e. The number of rotatable bonds is 7. The zero-order valence-electron chi connectivity index (χ0n) is 16.3. The van der Waals surface area contributed by atoms with Gasteiger partial charge in [-0.1, -0.05) is 24.3 Å². The number of nitrogens with two attached hydrogens (primary N) is 1. The second-order valence-electron chi connectivity index (χ2n) is 6.89. The number of benzene rings is 2. The van der Waals surface area contributed by atoms with E-state index in [-0.39, 0.29) is 5.69 Å². The van der Waals surface area contributed by atoms with Gasteiger partial charge < -0.3 is 15.5 Å². The first-order chi connectivity index (χ1) is 14.7. The molecular weight excluding hydrogens is 378 g/mol. The predicted octanol–water partition coefficient (Wildman–Crippen LogP) is 3.52. The second-order valence-corrected chi connectivity index (χ2v) is 6.89. The Morgan fingerprint density at radius 1 is 1.17 bits per heavy atom. The molecule has 0 fully saturated rings. The lowest BCUT2D eigenvalue weighted by atomic mass is 10.1. The number of hydrogen-bond acceptors (Lipinski definition) is 5. The van der Waals surface area contributed by atoms with Gasteiger partial charge >= 0.3 is 5.69 Å². The van der Waals surface area contributed by atoms with Gasteiger partial charge in [0.15, 0.2) is 0 Å². The zero-order valence-corrected chi connectivity index (χ0v) is 16.3. The predicted molar refractivity (Wildman–Crippen MR) is 115 cm³/mol. The van der Waals surface area contributed by atoms with Crippen molar-refractivity contribution in [3.63, 3.8) is 0 Å². The molecule has 0 radical (unpaired) electrons. The Morgan fingerprint density at radius 2 is 2.00 bits per heavy atom. The number of nitrogens with one attached hydrogen (secondary N) is 1. The van der Waals surface area contributed by atoms with E-state index in [0.29, 0.717) is 31.6 Å². The number of ether oxygens (including phenoxy) is 1. The minimum absolute atomic E-state index is 0.356. The highest BCUT2D eigenvalue weighted by atomic mass is 16.5. The fourth-order valence-electron chi connectivity index (χ4n) is 3.22. The summed E-state index contributed by atoms with van der Waals surface area (Å²) in [7, 11) is 0. The highest BCUT2D eigenvalue weighted by Gasteiger charge is 2.09. The van der Waals surface area contributed by atoms with Crippen LogP contribution in [0.25, 0.3) is 28.0 Å². The third-order valence-corrected chi connectivity index (χ3v) is 4.80. The summed E-state index contributed by atoms with van der Waals surface area (Å²) in [5.74, 6) is 0.733. The zero-order chi connectivity index (χ0) is 20.9. The van der Waals surface area contributed by atoms with Crippen LogP contribution in [0.3, 0.4) is 0 Å². The molecule has 7 heteroatoms. The molecular formula is C23H21N5O2. The first-order valence-corrected chi connectivity index (χ1v) is 9.70. The van der Waals surface area contributed by atoms with Crippen LogP contribution in [0.15, 0.2) is 65.6 Å². The fraction of sp³-hybridized carbons (Fsp3) is 0.174. The number of unbranched alkanes of at least 4 members (excludes halogenated alkanes) is 1. The molecule has 0 atom stereocenters. The van der Waals surface area contributed by atoms with Crippen molar-refractivity contribution < 1.29 is 4.74 Å². The Morgan fingerprint density at radius 3 is 2.77 bits per heavy atom. The van der Waals surface area contributed by atoms with Gasteiger partial charge in [-0.2, -0.15) is 10.2 Å². The van der Waals surface area contributed by atoms with Crippen LogP contribution < -0.4 is 16.2 Å². The molecule has 2 aromatic heterocycles. The summed E-state index contributed by atoms with van der Waals surface area (Å²) >= 11 is 0. The van der Waals surface area contributed by atoms with Crippen molar-refractivity contribution in [1.82, 2.24) is 14.5 Å². The van der Waals surface area contributed by atoms with Crippen LogP contribution in [0, 0.1) is 11.3 Å². The summed E-state index contributed by atoms with van der Waals surface area (Å²) in [5.41, 5.74) is 9.33. The van der Waals surface area contributed by atoms with Crippen molar-refractivity contribution in [2.45, 2.75) is 19.4 Å². The maximum atomic E-state index is 12.5. The van der Waals surface area contributed by atoms with E-state index in [9.17, 15) is 4.79 Å². The number of H-pyrrole nitrogens is 1. The third kappa shape index (κ3) is 4.09. The monoisotopic (exact) mass is 399 g/mol. The van der Waals surface area contributed by atoms with Gasteiger partial charge in [-0.15, -0.1) is 0 Å². The molecule has 7 nitrogen and oxygen atoms in total. The van der Waals surface area contributed by atoms with Crippen molar-refractivity contribution in [1.29, 1.82) is 5.26 Å². The third-order valence-electron chi connectivity index (χ3n) is 4.80. The Labute approximate surface area is 173 Å². The van der Waals surface area contributed by atoms with E-state index in [1.165, 1.54) is 4.57 Å². The van der Waals surface area contributed by atoms with Gasteiger partial charge in [-0.25, -0.2) is 4.79 Å². The summed E-state index contributed by atoms with van der Waals surface area (Å²) in [6.07, 6.45) is 2.94. The Hall–Kier alpha value is -3.89. The largest absolute Gasteiger partial charge is 0.494 e. The summed E-state index contributed by atoms with van der Waals surface area (Å²) in [6, 6.07) is 19.3. The molecule has 0 aliphatic rings. The molecule has 0 bridgehead atoms. The Bertz CT molecular complexity index is 1270. The summed E-state index contributed by atoms with van der Waals surface area (Å²) in [4.78, 5) is 19.9. The van der Waals surface area contributed by atoms with Crippen LogP contribution in [0.1, 0.15) is 18.4 Å². The van der Waals surface area contributed by atoms with Crippen molar-refractivity contribution in [3.8, 4) is 28.8 Å². The number of nitriles is 1. The fourth-order valence-corrected chi connectivity index (χ4v) is 3.22. The highest BCUT2D eigenvalue weighted by Crippen LogP contribution is 2.26. The van der Waals surface area contributed by atoms with E-state index in [4.69, 9.17) is 15.7 Å². The van der Waals surface area contributed by atoms with Gasteiger partial charge in [0.25, 0.3) is 0 Å². The SMILES string of the molecule is N#CCCCOc1cccc(-c2cc3cn(-c4ccc(CN)cc4)c(=O)nc3[nH]2)c1. The molecule has 0 spiro atoms. The van der Waals surface area contributed by atoms with Crippen LogP contribution >= 0.6 is 0 Å². The molecule has 0 saturated carbocycles. The normalized spacial score (nSPS) is 10.8. The molecule has 4 rings (SSSR count). The van der Waals surface area contributed by atoms with Crippen LogP contribution in [0.5, 0.6) is 5.75 Å². The standard InChI is InChI=1S/C23H21N5O2/c24-10-1-2-11-30-20-5-3-4-17(12-20)21-13-18-15-28(23(29)27-22(18)26-21)19-8-6-16(14-25)7-9-19/h3-9,12-13,15H,1-2,11,14,25H2,(H,26,27,29). The molecule has 2 aromatic carbocycles. The van der Waals surface area contributed by atoms with E-state index in [1.807, 2.05) is 54.6 Å². The Balaban J connectivity index is 1.64. The average molecular weight is 399 g/mol. The molecule has 4 aromatic rings. The maximum Gasteiger partial charge on any atom is 0.354 e. The van der Waals surface area contributed by atoms with Crippen LogP contribution in [0.4, 0.5) is 0 Å². The molecule has 0 saturated heterocycles. The van der Waals surface area contributed by atoms with Crippen molar-refractivity contribution in [2.75, 3.05) is 6.61 Å². The minimum atomic E-state index is -0.356. The van der Waals surface area contributed by atoms with Gasteiger partial charge in [0.2, 0.25) is 0 Å². The van der Waals surface area contributed by atoms with Crippen LogP contribution in [-0.2, 0) is 6.54 Å². The number of fused-ring (bicyclic) bond motifs is 1. The number of nitrogens with zero attached hydrogens (tertiary/aromatic N) is 3. The second kappa shape index (κ2) is 8.64. The number of aromatic nitrogens is 3.